The molecule has 0 bridgehead atoms. The average molecular weight is 546 g/mol. The Hall–Kier alpha value is -3.65. The van der Waals surface area contributed by atoms with Gasteiger partial charge in [0.2, 0.25) is 0 Å². The standard InChI is InChI=1S/C28H27N5O3S2/c1-19-22(15-24-27(35)33(28(37)38-24)18-21-9-6-14-36-21)25(30(2)26(34)23(19)16-29)32-12-10-31(11-13-32)17-20-7-4-3-5-8-20/h3-9,14-15H,10-13,17-18H2,1-2H3. The number of piperazine rings is 1. The second-order valence-electron chi connectivity index (χ2n) is 9.31. The fraction of sp³-hybridized carbons (Fsp3) is 0.286. The van der Waals surface area contributed by atoms with Crippen LogP contribution in [0.15, 0.2) is 62.8 Å². The van der Waals surface area contributed by atoms with Crippen molar-refractivity contribution in [2.75, 3.05) is 31.1 Å². The molecule has 0 unspecified atom stereocenters. The van der Waals surface area contributed by atoms with E-state index in [1.807, 2.05) is 18.2 Å². The Balaban J connectivity index is 1.46. The number of thiocarbonyl (C=S) groups is 1. The van der Waals surface area contributed by atoms with E-state index in [1.54, 1.807) is 38.4 Å². The molecule has 1 amide bonds. The lowest BCUT2D eigenvalue weighted by atomic mass is 10.0. The number of carbonyl (C=O) groups excluding carboxylic acids is 1. The Morgan fingerprint density at radius 3 is 2.47 bits per heavy atom. The summed E-state index contributed by atoms with van der Waals surface area (Å²) in [6.07, 6.45) is 3.34. The Morgan fingerprint density at radius 1 is 1.08 bits per heavy atom. The van der Waals surface area contributed by atoms with Gasteiger partial charge in [0.25, 0.3) is 11.5 Å². The lowest BCUT2D eigenvalue weighted by molar-refractivity contribution is -0.122. The van der Waals surface area contributed by atoms with Crippen LogP contribution in [0, 0.1) is 18.3 Å². The number of nitriles is 1. The van der Waals surface area contributed by atoms with E-state index in [-0.39, 0.29) is 23.6 Å². The highest BCUT2D eigenvalue weighted by molar-refractivity contribution is 8.26. The summed E-state index contributed by atoms with van der Waals surface area (Å²) in [7, 11) is 1.69. The van der Waals surface area contributed by atoms with Crippen LogP contribution in [-0.4, -0.2) is 50.8 Å². The number of amides is 1. The van der Waals surface area contributed by atoms with Gasteiger partial charge in [0, 0.05) is 45.3 Å². The lowest BCUT2D eigenvalue weighted by Crippen LogP contribution is -2.48. The highest BCUT2D eigenvalue weighted by atomic mass is 32.2. The SMILES string of the molecule is Cc1c(C=C2SC(=S)N(Cc3ccco3)C2=O)c(N2CCN(Cc3ccccc3)CC2)n(C)c(=O)c1C#N. The van der Waals surface area contributed by atoms with E-state index in [0.717, 1.165) is 19.6 Å². The molecule has 0 aliphatic carbocycles. The van der Waals surface area contributed by atoms with Crippen molar-refractivity contribution in [3.05, 3.63) is 92.0 Å². The fourth-order valence-corrected chi connectivity index (χ4v) is 6.12. The van der Waals surface area contributed by atoms with Crippen molar-refractivity contribution in [3.63, 3.8) is 0 Å². The van der Waals surface area contributed by atoms with Gasteiger partial charge in [-0.15, -0.1) is 0 Å². The van der Waals surface area contributed by atoms with E-state index in [9.17, 15) is 14.9 Å². The van der Waals surface area contributed by atoms with E-state index in [4.69, 9.17) is 16.6 Å². The third kappa shape index (κ3) is 5.05. The fourth-order valence-electron chi connectivity index (χ4n) is 4.88. The molecule has 2 aliphatic rings. The first kappa shape index (κ1) is 26.0. The van der Waals surface area contributed by atoms with Gasteiger partial charge >= 0.3 is 0 Å². The number of pyridine rings is 1. The zero-order chi connectivity index (χ0) is 26.8. The molecule has 0 radical (unpaired) electrons. The molecule has 2 fully saturated rings. The summed E-state index contributed by atoms with van der Waals surface area (Å²) in [4.78, 5) is 32.9. The molecule has 1 aromatic carbocycles. The minimum atomic E-state index is -0.339. The van der Waals surface area contributed by atoms with Crippen LogP contribution in [0.1, 0.15) is 28.0 Å². The molecular weight excluding hydrogens is 518 g/mol. The molecule has 38 heavy (non-hydrogen) atoms. The van der Waals surface area contributed by atoms with E-state index >= 15 is 0 Å². The normalized spacial score (nSPS) is 17.4. The molecule has 4 heterocycles. The number of rotatable bonds is 6. The van der Waals surface area contributed by atoms with E-state index in [1.165, 1.54) is 26.8 Å². The van der Waals surface area contributed by atoms with Crippen LogP contribution in [-0.2, 0) is 24.9 Å². The Kier molecular flexibility index (Phi) is 7.51. The first-order chi connectivity index (χ1) is 18.4. The number of anilines is 1. The summed E-state index contributed by atoms with van der Waals surface area (Å²) >= 11 is 6.72. The van der Waals surface area contributed by atoms with Gasteiger partial charge in [0.05, 0.1) is 17.7 Å². The van der Waals surface area contributed by atoms with Gasteiger partial charge in [0.1, 0.15) is 27.5 Å². The predicted octanol–water partition coefficient (Wildman–Crippen LogP) is 3.88. The number of benzene rings is 1. The second-order valence-corrected chi connectivity index (χ2v) is 11.0. The lowest BCUT2D eigenvalue weighted by Gasteiger charge is -2.37. The molecule has 0 saturated carbocycles. The highest BCUT2D eigenvalue weighted by Crippen LogP contribution is 2.36. The molecule has 194 valence electrons. The van der Waals surface area contributed by atoms with Crippen molar-refractivity contribution in [2.24, 2.45) is 7.05 Å². The number of nitrogens with zero attached hydrogens (tertiary/aromatic N) is 5. The maximum Gasteiger partial charge on any atom is 0.270 e. The molecule has 0 N–H and O–H groups in total. The van der Waals surface area contributed by atoms with Gasteiger partial charge in [-0.05, 0) is 36.3 Å². The van der Waals surface area contributed by atoms with Crippen LogP contribution in [0.2, 0.25) is 0 Å². The topological polar surface area (TPSA) is 85.7 Å². The minimum absolute atomic E-state index is 0.0799. The van der Waals surface area contributed by atoms with Crippen LogP contribution < -0.4 is 10.5 Å². The van der Waals surface area contributed by atoms with E-state index < -0.39 is 0 Å². The number of aromatic nitrogens is 1. The maximum atomic E-state index is 13.3. The summed E-state index contributed by atoms with van der Waals surface area (Å²) in [5.74, 6) is 1.13. The third-order valence-electron chi connectivity index (χ3n) is 6.93. The zero-order valence-electron chi connectivity index (χ0n) is 21.2. The summed E-state index contributed by atoms with van der Waals surface area (Å²) in [5, 5.41) is 9.75. The number of hydrogen-bond acceptors (Lipinski definition) is 8. The van der Waals surface area contributed by atoms with Crippen molar-refractivity contribution in [1.82, 2.24) is 14.4 Å². The van der Waals surface area contributed by atoms with Gasteiger partial charge < -0.3 is 9.32 Å². The predicted molar refractivity (Wildman–Crippen MR) is 152 cm³/mol. The van der Waals surface area contributed by atoms with Crippen LogP contribution in [0.25, 0.3) is 6.08 Å². The van der Waals surface area contributed by atoms with Crippen molar-refractivity contribution >= 4 is 46.1 Å². The van der Waals surface area contributed by atoms with Crippen LogP contribution in [0.3, 0.4) is 0 Å². The Morgan fingerprint density at radius 2 is 1.82 bits per heavy atom. The average Bonchev–Trinajstić information content (AvgIpc) is 3.53. The molecule has 8 nitrogen and oxygen atoms in total. The quantitative estimate of drug-likeness (QED) is 0.341. The smallest absolute Gasteiger partial charge is 0.270 e. The molecule has 0 spiro atoms. The maximum absolute atomic E-state index is 13.3. The van der Waals surface area contributed by atoms with Gasteiger partial charge in [-0.2, -0.15) is 5.26 Å². The number of thioether (sulfide) groups is 1. The molecular formula is C28H27N5O3S2. The molecule has 2 aromatic heterocycles. The minimum Gasteiger partial charge on any atom is -0.467 e. The van der Waals surface area contributed by atoms with Crippen molar-refractivity contribution < 1.29 is 9.21 Å². The molecule has 5 rings (SSSR count). The number of hydrogen-bond donors (Lipinski definition) is 0. The first-order valence-electron chi connectivity index (χ1n) is 12.3. The molecule has 0 atom stereocenters. The van der Waals surface area contributed by atoms with Gasteiger partial charge in [-0.1, -0.05) is 54.3 Å². The van der Waals surface area contributed by atoms with Gasteiger partial charge in [-0.25, -0.2) is 0 Å². The largest absolute Gasteiger partial charge is 0.467 e. The highest BCUT2D eigenvalue weighted by Gasteiger charge is 2.34. The second kappa shape index (κ2) is 11.0. The summed E-state index contributed by atoms with van der Waals surface area (Å²) in [5.41, 5.74) is 2.26. The third-order valence-corrected chi connectivity index (χ3v) is 8.31. The van der Waals surface area contributed by atoms with Crippen LogP contribution >= 0.6 is 24.0 Å². The van der Waals surface area contributed by atoms with Gasteiger partial charge in [0.15, 0.2) is 0 Å². The summed E-state index contributed by atoms with van der Waals surface area (Å²) in [6, 6.07) is 16.0. The first-order valence-corrected chi connectivity index (χ1v) is 13.5. The van der Waals surface area contributed by atoms with Crippen LogP contribution in [0.5, 0.6) is 0 Å². The van der Waals surface area contributed by atoms with Crippen LogP contribution in [0.4, 0.5) is 5.82 Å². The molecule has 2 aliphatic heterocycles. The van der Waals surface area contributed by atoms with Crippen molar-refractivity contribution in [2.45, 2.75) is 20.0 Å². The Bertz CT molecular complexity index is 1500. The Labute approximate surface area is 230 Å². The van der Waals surface area contributed by atoms with E-state index in [2.05, 4.69) is 28.0 Å². The summed E-state index contributed by atoms with van der Waals surface area (Å²) < 4.78 is 7.38. The van der Waals surface area contributed by atoms with Crippen molar-refractivity contribution in [3.8, 4) is 6.07 Å². The van der Waals surface area contributed by atoms with Gasteiger partial charge in [-0.3, -0.25) is 24.0 Å². The monoisotopic (exact) mass is 545 g/mol. The summed E-state index contributed by atoms with van der Waals surface area (Å²) in [6.45, 7) is 5.97. The molecule has 10 heteroatoms. The molecule has 3 aromatic rings. The zero-order valence-corrected chi connectivity index (χ0v) is 22.8. The number of furan rings is 1. The van der Waals surface area contributed by atoms with E-state index in [0.29, 0.717) is 45.0 Å². The number of carbonyl (C=O) groups is 1. The van der Waals surface area contributed by atoms with Crippen molar-refractivity contribution in [1.29, 1.82) is 5.26 Å². The molecule has 2 saturated heterocycles.